The van der Waals surface area contributed by atoms with E-state index in [-0.39, 0.29) is 30.1 Å². The summed E-state index contributed by atoms with van der Waals surface area (Å²) in [4.78, 5) is 64.2. The number of hydrogen-bond donors (Lipinski definition) is 3. The number of nitrogens with one attached hydrogen (secondary N) is 3. The highest BCUT2D eigenvalue weighted by molar-refractivity contribution is 5.94. The Labute approximate surface area is 424 Å². The third-order valence-corrected chi connectivity index (χ3v) is 14.8. The number of pyridine rings is 1. The molecule has 2 unspecified atom stereocenters. The Kier molecular flexibility index (Phi) is 22.6. The van der Waals surface area contributed by atoms with Crippen LogP contribution in [0.3, 0.4) is 0 Å². The van der Waals surface area contributed by atoms with Crippen molar-refractivity contribution >= 4 is 36.2 Å². The van der Waals surface area contributed by atoms with Crippen molar-refractivity contribution in [3.8, 4) is 0 Å². The zero-order chi connectivity index (χ0) is 51.5. The van der Waals surface area contributed by atoms with Crippen LogP contribution in [0.4, 0.5) is 10.1 Å². The van der Waals surface area contributed by atoms with Gasteiger partial charge in [-0.3, -0.25) is 29.2 Å². The van der Waals surface area contributed by atoms with Crippen molar-refractivity contribution in [1.82, 2.24) is 40.5 Å². The van der Waals surface area contributed by atoms with Crippen LogP contribution in [-0.2, 0) is 14.4 Å². The summed E-state index contributed by atoms with van der Waals surface area (Å²) >= 11 is 0. The summed E-state index contributed by atoms with van der Waals surface area (Å²) in [6.45, 7) is 23.2. The lowest BCUT2D eigenvalue weighted by Gasteiger charge is -2.41. The van der Waals surface area contributed by atoms with Crippen molar-refractivity contribution in [3.05, 3.63) is 111 Å². The van der Waals surface area contributed by atoms with E-state index >= 15 is 4.39 Å². The fraction of sp³-hybridized carbons (Fsp3) is 0.561. The number of aldehydes is 2. The van der Waals surface area contributed by atoms with Crippen LogP contribution in [0.5, 0.6) is 0 Å². The molecule has 3 saturated heterocycles. The molecule has 3 fully saturated rings. The van der Waals surface area contributed by atoms with Gasteiger partial charge in [0.1, 0.15) is 24.4 Å². The highest BCUT2D eigenvalue weighted by atomic mass is 19.1. The maximum atomic E-state index is 15.4. The van der Waals surface area contributed by atoms with Crippen LogP contribution in [0.2, 0.25) is 0 Å². The number of anilines is 1. The number of allylic oxidation sites excluding steroid dienone is 5. The highest BCUT2D eigenvalue weighted by Gasteiger charge is 2.30. The van der Waals surface area contributed by atoms with E-state index in [4.69, 9.17) is 0 Å². The van der Waals surface area contributed by atoms with Crippen LogP contribution < -0.4 is 20.9 Å². The number of halogens is 1. The molecule has 1 aliphatic carbocycles. The molecule has 388 valence electrons. The van der Waals surface area contributed by atoms with Gasteiger partial charge < -0.3 is 35.4 Å². The summed E-state index contributed by atoms with van der Waals surface area (Å²) in [5.41, 5.74) is 9.62. The number of aryl methyl sites for hydroxylation is 1. The molecule has 2 amide bonds. The Morgan fingerprint density at radius 1 is 0.930 bits per heavy atom. The van der Waals surface area contributed by atoms with Crippen LogP contribution in [0.1, 0.15) is 132 Å². The van der Waals surface area contributed by atoms with E-state index in [9.17, 15) is 19.2 Å². The number of nitrogens with zero attached hydrogens (tertiary/aromatic N) is 6. The van der Waals surface area contributed by atoms with Crippen molar-refractivity contribution < 1.29 is 23.6 Å². The molecule has 0 spiro atoms. The Morgan fingerprint density at radius 2 is 1.62 bits per heavy atom. The summed E-state index contributed by atoms with van der Waals surface area (Å²) in [6.07, 6.45) is 18.1. The predicted molar refractivity (Wildman–Crippen MR) is 286 cm³/mol. The number of rotatable bonds is 18. The number of likely N-dealkylation sites (N-methyl/N-ethyl adjacent to an activating group) is 1. The number of benzene rings is 1. The zero-order valence-electron chi connectivity index (χ0n) is 44.4. The van der Waals surface area contributed by atoms with Crippen LogP contribution in [0.15, 0.2) is 88.9 Å². The molecule has 0 radical (unpaired) electrons. The van der Waals surface area contributed by atoms with Crippen molar-refractivity contribution in [2.45, 2.75) is 124 Å². The maximum Gasteiger partial charge on any atom is 0.253 e. The van der Waals surface area contributed by atoms with Crippen LogP contribution in [0.25, 0.3) is 6.08 Å². The van der Waals surface area contributed by atoms with Gasteiger partial charge in [0.2, 0.25) is 5.91 Å². The van der Waals surface area contributed by atoms with Gasteiger partial charge in [0.15, 0.2) is 0 Å². The lowest BCUT2D eigenvalue weighted by Crippen LogP contribution is -2.49. The number of amides is 2. The maximum absolute atomic E-state index is 15.4. The van der Waals surface area contributed by atoms with E-state index < -0.39 is 6.04 Å². The smallest absolute Gasteiger partial charge is 0.253 e. The standard InChI is InChI=1S/C53H72FN9O4.2C2H6/c1-37(33-46-38(2)56-22-15-50(46)59(5)23-20-48-44(36-65)14-21-57-48)39(3)61-26-18-42(19-27-61)41-8-10-43(11-9-41)53(67)63-24-16-40(17-25-63)35-60-28-30-62(31-29-60)51-13-12-45(34-47(51)54)58-49(7-6-32-64)52(66)55-4;2*1-2/h8-11,15,20,22-23,32-34,36,39-40,42,49,57-58H,6-7,12-14,16-19,21,24-31,35H2,1-5H3,(H,55,66);2*1-2H3/b23-20-,37-33+;;. The van der Waals surface area contributed by atoms with Crippen molar-refractivity contribution in [2.24, 2.45) is 5.92 Å². The summed E-state index contributed by atoms with van der Waals surface area (Å²) in [7, 11) is 3.59. The summed E-state index contributed by atoms with van der Waals surface area (Å²) < 4.78 is 15.4. The molecular weight excluding hydrogens is 894 g/mol. The first kappa shape index (κ1) is 56.3. The number of piperazine rings is 1. The molecule has 0 bridgehead atoms. The molecule has 2 atom stereocenters. The normalized spacial score (nSPS) is 19.5. The number of piperidine rings is 2. The molecule has 0 saturated carbocycles. The van der Waals surface area contributed by atoms with Gasteiger partial charge >= 0.3 is 0 Å². The largest absolute Gasteiger partial charge is 0.384 e. The molecule has 71 heavy (non-hydrogen) atoms. The first-order chi connectivity index (χ1) is 34.5. The van der Waals surface area contributed by atoms with E-state index in [2.05, 4.69) is 79.5 Å². The third-order valence-electron chi connectivity index (χ3n) is 14.8. The molecule has 14 heteroatoms. The van der Waals surface area contributed by atoms with Gasteiger partial charge in [0, 0.05) is 125 Å². The Hall–Kier alpha value is -5.60. The molecule has 2 aromatic rings. The van der Waals surface area contributed by atoms with Crippen molar-refractivity contribution in [3.63, 3.8) is 0 Å². The lowest BCUT2D eigenvalue weighted by atomic mass is 9.88. The first-order valence-corrected chi connectivity index (χ1v) is 26.5. The van der Waals surface area contributed by atoms with Crippen molar-refractivity contribution in [2.75, 3.05) is 84.4 Å². The van der Waals surface area contributed by atoms with Crippen molar-refractivity contribution in [1.29, 1.82) is 0 Å². The average Bonchev–Trinajstić information content (AvgIpc) is 3.88. The second kappa shape index (κ2) is 28.4. The number of carbonyl (C=O) groups excluding carboxylic acids is 4. The second-order valence-electron chi connectivity index (χ2n) is 19.0. The van der Waals surface area contributed by atoms with Gasteiger partial charge in [-0.05, 0) is 133 Å². The molecule has 3 N–H and O–H groups in total. The van der Waals surface area contributed by atoms with E-state index in [0.29, 0.717) is 36.8 Å². The average molecular weight is 978 g/mol. The van der Waals surface area contributed by atoms with Gasteiger partial charge in [-0.15, -0.1) is 0 Å². The summed E-state index contributed by atoms with van der Waals surface area (Å²) in [5, 5.41) is 9.08. The number of aromatic nitrogens is 1. The monoisotopic (exact) mass is 978 g/mol. The number of hydrogen-bond acceptors (Lipinski definition) is 11. The lowest BCUT2D eigenvalue weighted by molar-refractivity contribution is -0.122. The summed E-state index contributed by atoms with van der Waals surface area (Å²) in [6, 6.07) is 10.2. The Balaban J connectivity index is 0.00000228. The molecule has 4 aliphatic heterocycles. The quantitative estimate of drug-likeness (QED) is 0.124. The van der Waals surface area contributed by atoms with Crippen LogP contribution in [-0.4, -0.2) is 141 Å². The Morgan fingerprint density at radius 3 is 2.25 bits per heavy atom. The molecular formula is C57H84FN9O4. The minimum Gasteiger partial charge on any atom is -0.384 e. The van der Waals surface area contributed by atoms with Crippen LogP contribution >= 0.6 is 0 Å². The van der Waals surface area contributed by atoms with E-state index in [0.717, 1.165) is 150 Å². The van der Waals surface area contributed by atoms with E-state index in [1.54, 1.807) is 7.05 Å². The van der Waals surface area contributed by atoms with Gasteiger partial charge in [-0.2, -0.15) is 0 Å². The number of likely N-dealkylation sites (tertiary alicyclic amines) is 2. The number of carbonyl (C=O) groups is 4. The third kappa shape index (κ3) is 15.2. The van der Waals surface area contributed by atoms with E-state index in [1.165, 1.54) is 17.2 Å². The zero-order valence-corrected chi connectivity index (χ0v) is 44.4. The predicted octanol–water partition coefficient (Wildman–Crippen LogP) is 8.52. The topological polar surface area (TPSA) is 133 Å². The van der Waals surface area contributed by atoms with Gasteiger partial charge in [-0.1, -0.05) is 51.5 Å². The molecule has 5 aliphatic rings. The summed E-state index contributed by atoms with van der Waals surface area (Å²) in [5.74, 6) is 0.656. The van der Waals surface area contributed by atoms with Gasteiger partial charge in [0.05, 0.1) is 11.4 Å². The Bertz CT molecular complexity index is 2230. The fourth-order valence-electron chi connectivity index (χ4n) is 10.4. The van der Waals surface area contributed by atoms with Gasteiger partial charge in [-0.25, -0.2) is 4.39 Å². The minimum absolute atomic E-state index is 0.120. The molecule has 5 heterocycles. The molecule has 1 aromatic heterocycles. The molecule has 7 rings (SSSR count). The van der Waals surface area contributed by atoms with Crippen LogP contribution in [0, 0.1) is 12.8 Å². The first-order valence-electron chi connectivity index (χ1n) is 26.5. The SMILES string of the molecule is CC.CC.CNC(=O)C(CCC=O)NC1=CC(F)=C(N2CCN(CC3CCN(C(=O)c4ccc(C5CCN(C(C)/C(C)=C/c6c(N(C)/C=C\C7=C(C=O)CCN7)ccnc6C)CC5)cc4)CC3)CC2)CC1. The highest BCUT2D eigenvalue weighted by Crippen LogP contribution is 2.33. The van der Waals surface area contributed by atoms with E-state index in [1.807, 2.05) is 76.3 Å². The minimum atomic E-state index is -0.564. The second-order valence-corrected chi connectivity index (χ2v) is 19.0. The fourth-order valence-corrected chi connectivity index (χ4v) is 10.4. The molecule has 1 aromatic carbocycles. The molecule has 13 nitrogen and oxygen atoms in total. The van der Waals surface area contributed by atoms with Gasteiger partial charge in [0.25, 0.3) is 5.91 Å².